The van der Waals surface area contributed by atoms with Crippen molar-refractivity contribution in [2.24, 2.45) is 5.92 Å². The number of nitrogens with one attached hydrogen (secondary N) is 1. The van der Waals surface area contributed by atoms with E-state index in [0.717, 1.165) is 12.2 Å². The molecule has 0 amide bonds. The van der Waals surface area contributed by atoms with E-state index < -0.39 is 0 Å². The van der Waals surface area contributed by atoms with E-state index in [9.17, 15) is 0 Å². The molecule has 0 saturated heterocycles. The number of anilines is 2. The van der Waals surface area contributed by atoms with E-state index >= 15 is 0 Å². The zero-order valence-corrected chi connectivity index (χ0v) is 13.9. The molecule has 1 aromatic carbocycles. The molecule has 1 rings (SSSR count). The number of nitrogen functional groups attached to an aromatic ring is 1. The van der Waals surface area contributed by atoms with Crippen LogP contribution in [-0.2, 0) is 0 Å². The van der Waals surface area contributed by atoms with Crippen molar-refractivity contribution in [3.05, 3.63) is 21.8 Å². The molecule has 0 spiro atoms. The van der Waals surface area contributed by atoms with Gasteiger partial charge in [0.25, 0.3) is 0 Å². The smallest absolute Gasteiger partial charge is 0.0479 e. The monoisotopic (exact) mass is 361 g/mol. The van der Waals surface area contributed by atoms with Gasteiger partial charge in [-0.1, -0.05) is 13.8 Å². The summed E-state index contributed by atoms with van der Waals surface area (Å²) < 4.78 is 1.18. The molecule has 1 unspecified atom stereocenters. The summed E-state index contributed by atoms with van der Waals surface area (Å²) in [7, 11) is 4.23. The molecule has 3 nitrogen and oxygen atoms in total. The van der Waals surface area contributed by atoms with E-state index in [1.165, 1.54) is 15.7 Å². The van der Waals surface area contributed by atoms with Crippen molar-refractivity contribution in [3.8, 4) is 0 Å². The van der Waals surface area contributed by atoms with Crippen molar-refractivity contribution in [2.45, 2.75) is 26.3 Å². The lowest BCUT2D eigenvalue weighted by Gasteiger charge is -2.25. The molecule has 0 aliphatic heterocycles. The fourth-order valence-electron chi connectivity index (χ4n) is 2.06. The summed E-state index contributed by atoms with van der Waals surface area (Å²) in [6.45, 7) is 5.56. The van der Waals surface area contributed by atoms with E-state index in [1.807, 2.05) is 12.1 Å². The lowest BCUT2D eigenvalue weighted by atomic mass is 10.0. The maximum atomic E-state index is 5.78. The van der Waals surface area contributed by atoms with E-state index in [1.54, 1.807) is 0 Å². The highest BCUT2D eigenvalue weighted by molar-refractivity contribution is 14.1. The van der Waals surface area contributed by atoms with Gasteiger partial charge in [0.2, 0.25) is 0 Å². The molecular weight excluding hydrogens is 337 g/mol. The molecule has 0 aliphatic carbocycles. The molecule has 0 saturated carbocycles. The number of likely N-dealkylation sites (N-methyl/N-ethyl adjacent to an activating group) is 1. The Morgan fingerprint density at radius 3 is 2.50 bits per heavy atom. The second kappa shape index (κ2) is 7.19. The first kappa shape index (κ1) is 15.6. The Bertz CT molecular complexity index is 367. The Balaban J connectivity index is 2.75. The molecule has 4 heteroatoms. The first-order valence-electron chi connectivity index (χ1n) is 6.34. The molecule has 0 radical (unpaired) electrons. The van der Waals surface area contributed by atoms with Crippen molar-refractivity contribution in [1.29, 1.82) is 0 Å². The number of benzene rings is 1. The molecule has 1 aromatic rings. The standard InChI is InChI=1S/C14H24IN3/c1-10(2)7-12(9-18(3)4)17-14-6-5-11(16)8-13(14)15/h5-6,8,10,12,17H,7,9,16H2,1-4H3. The highest BCUT2D eigenvalue weighted by atomic mass is 127. The second-order valence-corrected chi connectivity index (χ2v) is 6.63. The highest BCUT2D eigenvalue weighted by Crippen LogP contribution is 2.22. The summed E-state index contributed by atoms with van der Waals surface area (Å²) in [5, 5.41) is 3.63. The fraction of sp³-hybridized carbons (Fsp3) is 0.571. The minimum absolute atomic E-state index is 0.470. The van der Waals surface area contributed by atoms with Crippen molar-refractivity contribution >= 4 is 34.0 Å². The Hall–Kier alpha value is -0.490. The van der Waals surface area contributed by atoms with Gasteiger partial charge in [-0.25, -0.2) is 0 Å². The van der Waals surface area contributed by atoms with Crippen molar-refractivity contribution in [3.63, 3.8) is 0 Å². The van der Waals surface area contributed by atoms with E-state index in [0.29, 0.717) is 12.0 Å². The second-order valence-electron chi connectivity index (χ2n) is 5.47. The van der Waals surface area contributed by atoms with Crippen LogP contribution in [0.1, 0.15) is 20.3 Å². The first-order chi connectivity index (χ1) is 8.38. The Morgan fingerprint density at radius 1 is 1.33 bits per heavy atom. The lowest BCUT2D eigenvalue weighted by Crippen LogP contribution is -2.33. The maximum Gasteiger partial charge on any atom is 0.0479 e. The molecule has 0 bridgehead atoms. The van der Waals surface area contributed by atoms with Gasteiger partial charge in [0.1, 0.15) is 0 Å². The van der Waals surface area contributed by atoms with Crippen LogP contribution >= 0.6 is 22.6 Å². The van der Waals surface area contributed by atoms with E-state index in [-0.39, 0.29) is 0 Å². The summed E-state index contributed by atoms with van der Waals surface area (Å²) in [6, 6.07) is 6.50. The maximum absolute atomic E-state index is 5.78. The number of nitrogens with two attached hydrogens (primary N) is 1. The molecule has 3 N–H and O–H groups in total. The first-order valence-corrected chi connectivity index (χ1v) is 7.42. The number of hydrogen-bond donors (Lipinski definition) is 2. The number of hydrogen-bond acceptors (Lipinski definition) is 3. The van der Waals surface area contributed by atoms with Gasteiger partial charge >= 0.3 is 0 Å². The zero-order chi connectivity index (χ0) is 13.7. The van der Waals surface area contributed by atoms with Gasteiger partial charge in [-0.15, -0.1) is 0 Å². The average molecular weight is 361 g/mol. The highest BCUT2D eigenvalue weighted by Gasteiger charge is 2.13. The third kappa shape index (κ3) is 5.44. The number of nitrogens with zero attached hydrogens (tertiary/aromatic N) is 1. The van der Waals surface area contributed by atoms with Crippen LogP contribution in [0.3, 0.4) is 0 Å². The lowest BCUT2D eigenvalue weighted by molar-refractivity contribution is 0.356. The molecule has 18 heavy (non-hydrogen) atoms. The largest absolute Gasteiger partial charge is 0.399 e. The van der Waals surface area contributed by atoms with Crippen LogP contribution in [0.2, 0.25) is 0 Å². The minimum Gasteiger partial charge on any atom is -0.399 e. The summed E-state index contributed by atoms with van der Waals surface area (Å²) >= 11 is 2.33. The summed E-state index contributed by atoms with van der Waals surface area (Å²) in [5.41, 5.74) is 7.77. The van der Waals surface area contributed by atoms with Crippen molar-refractivity contribution in [2.75, 3.05) is 31.7 Å². The van der Waals surface area contributed by atoms with Crippen LogP contribution < -0.4 is 11.1 Å². The quantitative estimate of drug-likeness (QED) is 0.604. The molecule has 1 atom stereocenters. The summed E-state index contributed by atoms with van der Waals surface area (Å²) in [4.78, 5) is 2.23. The van der Waals surface area contributed by atoms with Gasteiger partial charge in [-0.3, -0.25) is 0 Å². The van der Waals surface area contributed by atoms with Gasteiger partial charge in [0, 0.05) is 27.5 Å². The normalized spacial score (nSPS) is 13.1. The van der Waals surface area contributed by atoms with Crippen LogP contribution in [-0.4, -0.2) is 31.6 Å². The Kier molecular flexibility index (Phi) is 6.21. The minimum atomic E-state index is 0.470. The third-order valence-corrected chi connectivity index (χ3v) is 3.59. The molecule has 0 fully saturated rings. The van der Waals surface area contributed by atoms with E-state index in [4.69, 9.17) is 5.73 Å². The molecule has 102 valence electrons. The van der Waals surface area contributed by atoms with Gasteiger partial charge in [0.05, 0.1) is 0 Å². The molecule has 0 aliphatic rings. The third-order valence-electron chi connectivity index (χ3n) is 2.69. The van der Waals surface area contributed by atoms with Gasteiger partial charge in [-0.2, -0.15) is 0 Å². The van der Waals surface area contributed by atoms with Crippen LogP contribution in [0.25, 0.3) is 0 Å². The Morgan fingerprint density at radius 2 is 2.00 bits per heavy atom. The molecular formula is C14H24IN3. The van der Waals surface area contributed by atoms with Crippen LogP contribution in [0, 0.1) is 9.49 Å². The zero-order valence-electron chi connectivity index (χ0n) is 11.7. The van der Waals surface area contributed by atoms with Gasteiger partial charge in [0.15, 0.2) is 0 Å². The van der Waals surface area contributed by atoms with Crippen LogP contribution in [0.5, 0.6) is 0 Å². The summed E-state index contributed by atoms with van der Waals surface area (Å²) in [6.07, 6.45) is 1.17. The topological polar surface area (TPSA) is 41.3 Å². The fourth-order valence-corrected chi connectivity index (χ4v) is 2.75. The van der Waals surface area contributed by atoms with Crippen LogP contribution in [0.15, 0.2) is 18.2 Å². The van der Waals surface area contributed by atoms with Crippen molar-refractivity contribution in [1.82, 2.24) is 4.90 Å². The summed E-state index contributed by atoms with van der Waals surface area (Å²) in [5.74, 6) is 0.689. The van der Waals surface area contributed by atoms with Gasteiger partial charge in [-0.05, 0) is 67.2 Å². The van der Waals surface area contributed by atoms with Crippen LogP contribution in [0.4, 0.5) is 11.4 Å². The van der Waals surface area contributed by atoms with E-state index in [2.05, 4.69) is 66.8 Å². The Labute approximate surface area is 124 Å². The predicted octanol–water partition coefficient (Wildman–Crippen LogP) is 3.26. The molecule has 0 aromatic heterocycles. The predicted molar refractivity (Wildman–Crippen MR) is 89.0 cm³/mol. The number of halogens is 1. The SMILES string of the molecule is CC(C)CC(CN(C)C)Nc1ccc(N)cc1I. The van der Waals surface area contributed by atoms with Crippen molar-refractivity contribution < 1.29 is 0 Å². The van der Waals surface area contributed by atoms with Gasteiger partial charge < -0.3 is 16.0 Å². The number of rotatable bonds is 6. The average Bonchev–Trinajstić information content (AvgIpc) is 2.20. The molecule has 0 heterocycles.